The molecule has 98 valence electrons. The molecule has 2 unspecified atom stereocenters. The molecule has 0 aliphatic carbocycles. The Morgan fingerprint density at radius 3 is 2.83 bits per heavy atom. The second-order valence-electron chi connectivity index (χ2n) is 4.79. The van der Waals surface area contributed by atoms with Gasteiger partial charge in [0.2, 0.25) is 0 Å². The van der Waals surface area contributed by atoms with Crippen LogP contribution in [0, 0.1) is 5.92 Å². The fourth-order valence-electron chi connectivity index (χ4n) is 2.74. The molecule has 0 bridgehead atoms. The smallest absolute Gasteiger partial charge is 0.161 e. The minimum absolute atomic E-state index is 0.427. The third-order valence-electron chi connectivity index (χ3n) is 3.67. The van der Waals surface area contributed by atoms with Crippen molar-refractivity contribution in [3.63, 3.8) is 0 Å². The van der Waals surface area contributed by atoms with Gasteiger partial charge in [0.25, 0.3) is 0 Å². The average molecular weight is 265 g/mol. The highest BCUT2D eigenvalue weighted by Crippen LogP contribution is 2.38. The Bertz CT molecular complexity index is 418. The molecule has 1 N–H and O–H groups in total. The largest absolute Gasteiger partial charge is 0.486 e. The van der Waals surface area contributed by atoms with Crippen LogP contribution in [-0.2, 0) is 0 Å². The third-order valence-corrected chi connectivity index (χ3v) is 4.86. The molecule has 1 fully saturated rings. The molecule has 2 aliphatic rings. The number of hydrogen-bond acceptors (Lipinski definition) is 4. The highest BCUT2D eigenvalue weighted by atomic mass is 32.2. The monoisotopic (exact) mass is 265 g/mol. The van der Waals surface area contributed by atoms with Crippen molar-refractivity contribution in [2.45, 2.75) is 12.5 Å². The van der Waals surface area contributed by atoms with Crippen molar-refractivity contribution in [1.29, 1.82) is 0 Å². The van der Waals surface area contributed by atoms with Gasteiger partial charge in [-0.2, -0.15) is 11.8 Å². The van der Waals surface area contributed by atoms with Gasteiger partial charge in [0.15, 0.2) is 11.5 Å². The summed E-state index contributed by atoms with van der Waals surface area (Å²) in [6, 6.07) is 6.77. The topological polar surface area (TPSA) is 30.5 Å². The molecule has 1 saturated heterocycles. The summed E-state index contributed by atoms with van der Waals surface area (Å²) in [5.41, 5.74) is 1.31. The van der Waals surface area contributed by atoms with Gasteiger partial charge in [-0.15, -0.1) is 0 Å². The number of fused-ring (bicyclic) bond motifs is 1. The van der Waals surface area contributed by atoms with Crippen molar-refractivity contribution >= 4 is 11.8 Å². The summed E-state index contributed by atoms with van der Waals surface area (Å²) in [5, 5.41) is 3.46. The fourth-order valence-corrected chi connectivity index (χ4v) is 4.04. The summed E-state index contributed by atoms with van der Waals surface area (Å²) >= 11 is 2.05. The first-order valence-electron chi connectivity index (χ1n) is 6.53. The molecule has 1 aromatic carbocycles. The number of nitrogens with one attached hydrogen (secondary N) is 1. The zero-order valence-electron chi connectivity index (χ0n) is 10.6. The molecule has 0 saturated carbocycles. The van der Waals surface area contributed by atoms with E-state index in [0.29, 0.717) is 19.3 Å². The van der Waals surface area contributed by atoms with E-state index in [-0.39, 0.29) is 0 Å². The van der Waals surface area contributed by atoms with Gasteiger partial charge in [0, 0.05) is 6.04 Å². The summed E-state index contributed by atoms with van der Waals surface area (Å²) in [4.78, 5) is 0. The van der Waals surface area contributed by atoms with Crippen molar-refractivity contribution < 1.29 is 9.47 Å². The lowest BCUT2D eigenvalue weighted by Crippen LogP contribution is -2.25. The Hall–Kier alpha value is -0.870. The quantitative estimate of drug-likeness (QED) is 0.909. The van der Waals surface area contributed by atoms with E-state index in [1.807, 2.05) is 13.1 Å². The van der Waals surface area contributed by atoms with Gasteiger partial charge in [-0.3, -0.25) is 0 Å². The van der Waals surface area contributed by atoms with Gasteiger partial charge in [-0.25, -0.2) is 0 Å². The SMILES string of the molecule is CNC(c1ccc2c(c1)OCCO2)C1CCSC1. The predicted molar refractivity (Wildman–Crippen MR) is 74.7 cm³/mol. The molecule has 3 rings (SSSR count). The summed E-state index contributed by atoms with van der Waals surface area (Å²) in [5.74, 6) is 5.03. The van der Waals surface area contributed by atoms with E-state index >= 15 is 0 Å². The molecule has 0 radical (unpaired) electrons. The number of hydrogen-bond donors (Lipinski definition) is 1. The standard InChI is InChI=1S/C14H19NO2S/c1-15-14(11-4-7-18-9-11)10-2-3-12-13(8-10)17-6-5-16-12/h2-3,8,11,14-15H,4-7,9H2,1H3. The van der Waals surface area contributed by atoms with E-state index in [1.54, 1.807) is 0 Å². The Kier molecular flexibility index (Phi) is 3.66. The Balaban J connectivity index is 1.85. The maximum Gasteiger partial charge on any atom is 0.161 e. The maximum absolute atomic E-state index is 5.66. The van der Waals surface area contributed by atoms with Crippen LogP contribution in [0.4, 0.5) is 0 Å². The number of rotatable bonds is 3. The second kappa shape index (κ2) is 5.41. The molecular weight excluding hydrogens is 246 g/mol. The highest BCUT2D eigenvalue weighted by molar-refractivity contribution is 7.99. The summed E-state index contributed by atoms with van der Waals surface area (Å²) in [6.07, 6.45) is 1.30. The zero-order valence-corrected chi connectivity index (χ0v) is 11.5. The first-order valence-corrected chi connectivity index (χ1v) is 7.68. The van der Waals surface area contributed by atoms with Gasteiger partial charge >= 0.3 is 0 Å². The van der Waals surface area contributed by atoms with Crippen molar-refractivity contribution in [2.75, 3.05) is 31.8 Å². The van der Waals surface area contributed by atoms with E-state index in [9.17, 15) is 0 Å². The van der Waals surface area contributed by atoms with Gasteiger partial charge in [0.05, 0.1) is 0 Å². The first-order chi connectivity index (χ1) is 8.88. The van der Waals surface area contributed by atoms with Crippen molar-refractivity contribution in [2.24, 2.45) is 5.92 Å². The van der Waals surface area contributed by atoms with Crippen LogP contribution in [0.5, 0.6) is 11.5 Å². The van der Waals surface area contributed by atoms with Gasteiger partial charge in [0.1, 0.15) is 13.2 Å². The van der Waals surface area contributed by atoms with Crippen LogP contribution < -0.4 is 14.8 Å². The molecule has 2 heterocycles. The van der Waals surface area contributed by atoms with Gasteiger partial charge < -0.3 is 14.8 Å². The van der Waals surface area contributed by atoms with Crippen LogP contribution >= 0.6 is 11.8 Å². The van der Waals surface area contributed by atoms with Crippen LogP contribution in [0.15, 0.2) is 18.2 Å². The van der Waals surface area contributed by atoms with Crippen LogP contribution in [0.25, 0.3) is 0 Å². The lowest BCUT2D eigenvalue weighted by molar-refractivity contribution is 0.171. The number of benzene rings is 1. The van der Waals surface area contributed by atoms with Crippen molar-refractivity contribution in [3.8, 4) is 11.5 Å². The second-order valence-corrected chi connectivity index (χ2v) is 5.94. The van der Waals surface area contributed by atoms with E-state index in [1.165, 1.54) is 23.5 Å². The lowest BCUT2D eigenvalue weighted by Gasteiger charge is -2.25. The van der Waals surface area contributed by atoms with E-state index in [0.717, 1.165) is 17.4 Å². The Labute approximate surface area is 112 Å². The van der Waals surface area contributed by atoms with Crippen LogP contribution in [0.1, 0.15) is 18.0 Å². The fraction of sp³-hybridized carbons (Fsp3) is 0.571. The van der Waals surface area contributed by atoms with Gasteiger partial charge in [-0.1, -0.05) is 6.07 Å². The number of thioether (sulfide) groups is 1. The van der Waals surface area contributed by atoms with E-state index in [2.05, 4.69) is 29.2 Å². The molecule has 2 atom stereocenters. The molecule has 1 aromatic rings. The first kappa shape index (κ1) is 12.2. The van der Waals surface area contributed by atoms with Crippen LogP contribution in [0.2, 0.25) is 0 Å². The van der Waals surface area contributed by atoms with Gasteiger partial charge in [-0.05, 0) is 48.6 Å². The van der Waals surface area contributed by atoms with Crippen molar-refractivity contribution in [3.05, 3.63) is 23.8 Å². The molecule has 0 spiro atoms. The zero-order chi connectivity index (χ0) is 12.4. The minimum atomic E-state index is 0.427. The summed E-state index contributed by atoms with van der Waals surface area (Å²) in [6.45, 7) is 1.31. The Morgan fingerprint density at radius 1 is 1.28 bits per heavy atom. The van der Waals surface area contributed by atoms with E-state index < -0.39 is 0 Å². The molecular formula is C14H19NO2S. The third kappa shape index (κ3) is 2.31. The normalized spacial score (nSPS) is 23.9. The molecule has 0 amide bonds. The Morgan fingerprint density at radius 2 is 2.11 bits per heavy atom. The van der Waals surface area contributed by atoms with Crippen LogP contribution in [0.3, 0.4) is 0 Å². The number of ether oxygens (including phenoxy) is 2. The molecule has 4 heteroatoms. The molecule has 18 heavy (non-hydrogen) atoms. The summed E-state index contributed by atoms with van der Waals surface area (Å²) in [7, 11) is 2.05. The molecule has 2 aliphatic heterocycles. The summed E-state index contributed by atoms with van der Waals surface area (Å²) < 4.78 is 11.2. The maximum atomic E-state index is 5.66. The molecule has 0 aromatic heterocycles. The average Bonchev–Trinajstić information content (AvgIpc) is 2.93. The van der Waals surface area contributed by atoms with Crippen molar-refractivity contribution in [1.82, 2.24) is 5.32 Å². The van der Waals surface area contributed by atoms with Crippen LogP contribution in [-0.4, -0.2) is 31.8 Å². The minimum Gasteiger partial charge on any atom is -0.486 e. The predicted octanol–water partition coefficient (Wildman–Crippen LogP) is 2.47. The highest BCUT2D eigenvalue weighted by Gasteiger charge is 2.26. The lowest BCUT2D eigenvalue weighted by atomic mass is 9.92. The molecule has 3 nitrogen and oxygen atoms in total. The van der Waals surface area contributed by atoms with E-state index in [4.69, 9.17) is 9.47 Å².